The van der Waals surface area contributed by atoms with Gasteiger partial charge in [-0.3, -0.25) is 4.79 Å². The first-order chi connectivity index (χ1) is 16.5. The van der Waals surface area contributed by atoms with Crippen molar-refractivity contribution in [2.24, 2.45) is 0 Å². The Balaban J connectivity index is 1.49. The van der Waals surface area contributed by atoms with Crippen LogP contribution in [0.2, 0.25) is 0 Å². The molecule has 1 atom stereocenters. The van der Waals surface area contributed by atoms with Crippen molar-refractivity contribution in [1.82, 2.24) is 9.97 Å². The van der Waals surface area contributed by atoms with E-state index < -0.39 is 5.25 Å². The average Bonchev–Trinajstić information content (AvgIpc) is 3.29. The number of imidazole rings is 1. The van der Waals surface area contributed by atoms with Crippen LogP contribution in [-0.4, -0.2) is 33.7 Å². The highest BCUT2D eigenvalue weighted by molar-refractivity contribution is 8.00. The molecule has 3 aromatic carbocycles. The van der Waals surface area contributed by atoms with Crippen LogP contribution in [-0.2, 0) is 9.53 Å². The second-order valence-corrected chi connectivity index (χ2v) is 8.87. The van der Waals surface area contributed by atoms with Crippen molar-refractivity contribution >= 4 is 29.3 Å². The van der Waals surface area contributed by atoms with Gasteiger partial charge < -0.3 is 15.0 Å². The lowest BCUT2D eigenvalue weighted by molar-refractivity contribution is -0.115. The molecule has 0 fully saturated rings. The molecule has 4 aromatic rings. The first kappa shape index (κ1) is 23.3. The minimum atomic E-state index is -0.400. The number of anilines is 1. The maximum atomic E-state index is 12.8. The SMILES string of the molecule is CCOC(=O)c1ccc(NC(=O)C(C)Sc2nc(-c3ccccc3)c(-c3ccccc3)[nH]2)cc1. The Morgan fingerprint density at radius 3 is 2.18 bits per heavy atom. The van der Waals surface area contributed by atoms with Crippen molar-refractivity contribution in [3.05, 3.63) is 90.5 Å². The normalized spacial score (nSPS) is 11.6. The molecule has 0 radical (unpaired) electrons. The van der Waals surface area contributed by atoms with Crippen LogP contribution in [0.25, 0.3) is 22.5 Å². The van der Waals surface area contributed by atoms with Gasteiger partial charge in [0.05, 0.1) is 28.8 Å². The maximum Gasteiger partial charge on any atom is 0.338 e. The molecule has 0 aliphatic rings. The first-order valence-electron chi connectivity index (χ1n) is 11.0. The first-order valence-corrected chi connectivity index (χ1v) is 11.9. The largest absolute Gasteiger partial charge is 0.462 e. The van der Waals surface area contributed by atoms with Crippen LogP contribution in [0, 0.1) is 0 Å². The molecule has 0 spiro atoms. The minimum absolute atomic E-state index is 0.159. The molecule has 4 rings (SSSR count). The summed E-state index contributed by atoms with van der Waals surface area (Å²) in [5, 5.41) is 3.16. The molecule has 1 amide bonds. The number of carbonyl (C=O) groups is 2. The Kier molecular flexibility index (Phi) is 7.44. The van der Waals surface area contributed by atoms with Gasteiger partial charge in [0.25, 0.3) is 0 Å². The predicted octanol–water partition coefficient (Wildman–Crippen LogP) is 6.04. The molecule has 1 unspecified atom stereocenters. The third-order valence-electron chi connectivity index (χ3n) is 5.11. The lowest BCUT2D eigenvalue weighted by Gasteiger charge is -2.11. The predicted molar refractivity (Wildman–Crippen MR) is 136 cm³/mol. The second kappa shape index (κ2) is 10.9. The van der Waals surface area contributed by atoms with Gasteiger partial charge in [0.1, 0.15) is 0 Å². The monoisotopic (exact) mass is 471 g/mol. The van der Waals surface area contributed by atoms with Gasteiger partial charge in [-0.25, -0.2) is 9.78 Å². The van der Waals surface area contributed by atoms with E-state index in [2.05, 4.69) is 10.3 Å². The van der Waals surface area contributed by atoms with E-state index in [0.717, 1.165) is 22.5 Å². The fourth-order valence-corrected chi connectivity index (χ4v) is 4.20. The lowest BCUT2D eigenvalue weighted by atomic mass is 10.1. The third-order valence-corrected chi connectivity index (χ3v) is 6.10. The molecule has 0 saturated heterocycles. The van der Waals surface area contributed by atoms with Gasteiger partial charge in [0.2, 0.25) is 5.91 Å². The third kappa shape index (κ3) is 5.55. The van der Waals surface area contributed by atoms with E-state index in [-0.39, 0.29) is 11.9 Å². The molecule has 1 aromatic heterocycles. The molecule has 0 aliphatic carbocycles. The van der Waals surface area contributed by atoms with Crippen LogP contribution in [0.3, 0.4) is 0 Å². The summed E-state index contributed by atoms with van der Waals surface area (Å²) in [4.78, 5) is 32.8. The van der Waals surface area contributed by atoms with Gasteiger partial charge >= 0.3 is 5.97 Å². The number of nitrogens with zero attached hydrogens (tertiary/aromatic N) is 1. The van der Waals surface area contributed by atoms with Crippen molar-refractivity contribution in [3.63, 3.8) is 0 Å². The number of aromatic nitrogens is 2. The number of H-pyrrole nitrogens is 1. The zero-order valence-electron chi connectivity index (χ0n) is 18.9. The lowest BCUT2D eigenvalue weighted by Crippen LogP contribution is -2.22. The van der Waals surface area contributed by atoms with E-state index >= 15 is 0 Å². The number of amides is 1. The molecule has 6 nitrogen and oxygen atoms in total. The van der Waals surface area contributed by atoms with Crippen LogP contribution < -0.4 is 5.32 Å². The highest BCUT2D eigenvalue weighted by Crippen LogP contribution is 2.33. The van der Waals surface area contributed by atoms with Crippen LogP contribution in [0.4, 0.5) is 5.69 Å². The number of rotatable bonds is 8. The zero-order chi connectivity index (χ0) is 23.9. The second-order valence-electron chi connectivity index (χ2n) is 7.54. The van der Waals surface area contributed by atoms with Gasteiger partial charge in [-0.1, -0.05) is 72.4 Å². The summed E-state index contributed by atoms with van der Waals surface area (Å²) < 4.78 is 4.99. The van der Waals surface area contributed by atoms with Crippen LogP contribution in [0.5, 0.6) is 0 Å². The van der Waals surface area contributed by atoms with Crippen molar-refractivity contribution < 1.29 is 14.3 Å². The summed E-state index contributed by atoms with van der Waals surface area (Å²) in [5.74, 6) is -0.543. The molecule has 172 valence electrons. The number of nitrogens with one attached hydrogen (secondary N) is 2. The molecule has 7 heteroatoms. The van der Waals surface area contributed by atoms with Gasteiger partial charge in [0, 0.05) is 16.8 Å². The van der Waals surface area contributed by atoms with E-state index in [9.17, 15) is 9.59 Å². The van der Waals surface area contributed by atoms with Crippen molar-refractivity contribution in [1.29, 1.82) is 0 Å². The molecule has 0 bridgehead atoms. The molecule has 2 N–H and O–H groups in total. The summed E-state index contributed by atoms with van der Waals surface area (Å²) >= 11 is 1.36. The topological polar surface area (TPSA) is 84.1 Å². The standard InChI is InChI=1S/C27H25N3O3S/c1-3-33-26(32)21-14-16-22(17-15-21)28-25(31)18(2)34-27-29-23(19-10-6-4-7-11-19)24(30-27)20-12-8-5-9-13-20/h4-18H,3H2,1-2H3,(H,28,31)(H,29,30). The highest BCUT2D eigenvalue weighted by Gasteiger charge is 2.20. The summed E-state index contributed by atoms with van der Waals surface area (Å²) in [6, 6.07) is 26.6. The van der Waals surface area contributed by atoms with E-state index in [1.807, 2.05) is 67.6 Å². The number of hydrogen-bond donors (Lipinski definition) is 2. The number of ether oxygens (including phenoxy) is 1. The number of aromatic amines is 1. The Hall–Kier alpha value is -3.84. The number of carbonyl (C=O) groups excluding carboxylic acids is 2. The number of benzene rings is 3. The van der Waals surface area contributed by atoms with E-state index in [1.165, 1.54) is 11.8 Å². The van der Waals surface area contributed by atoms with E-state index in [4.69, 9.17) is 9.72 Å². The molecular formula is C27H25N3O3S. The number of hydrogen-bond acceptors (Lipinski definition) is 5. The summed E-state index contributed by atoms with van der Waals surface area (Å²) in [5.41, 5.74) is 4.84. The van der Waals surface area contributed by atoms with Gasteiger partial charge in [-0.15, -0.1) is 0 Å². The zero-order valence-corrected chi connectivity index (χ0v) is 19.8. The van der Waals surface area contributed by atoms with E-state index in [0.29, 0.717) is 23.0 Å². The van der Waals surface area contributed by atoms with Gasteiger partial charge in [0.15, 0.2) is 5.16 Å². The van der Waals surface area contributed by atoms with Gasteiger partial charge in [-0.05, 0) is 38.1 Å². The molecule has 34 heavy (non-hydrogen) atoms. The van der Waals surface area contributed by atoms with Crippen molar-refractivity contribution in [2.75, 3.05) is 11.9 Å². The highest BCUT2D eigenvalue weighted by atomic mass is 32.2. The Morgan fingerprint density at radius 1 is 0.941 bits per heavy atom. The fourth-order valence-electron chi connectivity index (χ4n) is 3.39. The van der Waals surface area contributed by atoms with E-state index in [1.54, 1.807) is 31.2 Å². The fraction of sp³-hybridized carbons (Fsp3) is 0.148. The smallest absolute Gasteiger partial charge is 0.338 e. The van der Waals surface area contributed by atoms with Crippen LogP contribution in [0.15, 0.2) is 90.1 Å². The van der Waals surface area contributed by atoms with Crippen molar-refractivity contribution in [2.45, 2.75) is 24.3 Å². The Bertz CT molecular complexity index is 1200. The van der Waals surface area contributed by atoms with Crippen LogP contribution in [0.1, 0.15) is 24.2 Å². The summed E-state index contributed by atoms with van der Waals surface area (Å²) in [6.07, 6.45) is 0. The van der Waals surface area contributed by atoms with Crippen molar-refractivity contribution in [3.8, 4) is 22.5 Å². The van der Waals surface area contributed by atoms with Gasteiger partial charge in [-0.2, -0.15) is 0 Å². The average molecular weight is 472 g/mol. The maximum absolute atomic E-state index is 12.8. The van der Waals surface area contributed by atoms with Crippen LogP contribution >= 0.6 is 11.8 Å². The molecule has 1 heterocycles. The quantitative estimate of drug-likeness (QED) is 0.242. The number of esters is 1. The Morgan fingerprint density at radius 2 is 1.56 bits per heavy atom. The Labute approximate surface area is 202 Å². The molecule has 0 aliphatic heterocycles. The summed E-state index contributed by atoms with van der Waals surface area (Å²) in [7, 11) is 0. The molecular weight excluding hydrogens is 446 g/mol. The minimum Gasteiger partial charge on any atom is -0.462 e. The molecule has 0 saturated carbocycles. The number of thioether (sulfide) groups is 1. The summed E-state index contributed by atoms with van der Waals surface area (Å²) in [6.45, 7) is 3.91.